The number of benzene rings is 4. The molecule has 0 bridgehead atoms. The van der Waals surface area contributed by atoms with E-state index < -0.39 is 0 Å². The summed E-state index contributed by atoms with van der Waals surface area (Å²) in [5.74, 6) is 3.15. The Labute approximate surface area is 304 Å². The Balaban J connectivity index is 1.81. The molecule has 2 heteroatoms. The first-order valence-corrected chi connectivity index (χ1v) is 22.6. The highest BCUT2D eigenvalue weighted by molar-refractivity contribution is 7.66. The van der Waals surface area contributed by atoms with Gasteiger partial charge in [0.2, 0.25) is 0 Å². The third-order valence-corrected chi connectivity index (χ3v) is 15.6. The largest absolute Gasteiger partial charge is 0.0702 e. The van der Waals surface area contributed by atoms with Crippen molar-refractivity contribution < 1.29 is 0 Å². The molecule has 0 N–H and O–H groups in total. The van der Waals surface area contributed by atoms with Crippen LogP contribution < -0.4 is 10.6 Å². The van der Waals surface area contributed by atoms with Gasteiger partial charge < -0.3 is 0 Å². The molecule has 0 aliphatic heterocycles. The molecule has 0 radical (unpaired) electrons. The molecule has 2 atom stereocenters. The minimum atomic E-state index is -0.373. The van der Waals surface area contributed by atoms with Crippen LogP contribution in [0.15, 0.2) is 84.9 Å². The fourth-order valence-corrected chi connectivity index (χ4v) is 13.6. The maximum absolute atomic E-state index is 2.58. The van der Waals surface area contributed by atoms with Crippen molar-refractivity contribution >= 4 is 26.5 Å². The molecular formula is C47H66P2. The normalized spacial score (nSPS) is 13.4. The zero-order valence-electron chi connectivity index (χ0n) is 33.0. The molecule has 0 spiro atoms. The molecule has 0 saturated heterocycles. The van der Waals surface area contributed by atoms with E-state index >= 15 is 0 Å². The summed E-state index contributed by atoms with van der Waals surface area (Å²) in [6.45, 7) is 28.8. The van der Waals surface area contributed by atoms with Crippen molar-refractivity contribution in [2.75, 3.05) is 12.3 Å². The molecule has 264 valence electrons. The fraction of sp³-hybridized carbons (Fsp3) is 0.489. The topological polar surface area (TPSA) is 0 Å². The van der Waals surface area contributed by atoms with Crippen LogP contribution in [0.3, 0.4) is 0 Å². The van der Waals surface area contributed by atoms with Crippen LogP contribution in [0, 0.1) is 0 Å². The molecule has 2 unspecified atom stereocenters. The van der Waals surface area contributed by atoms with E-state index in [0.717, 1.165) is 0 Å². The summed E-state index contributed by atoms with van der Waals surface area (Å²) in [5, 5.41) is 3.43. The minimum Gasteiger partial charge on any atom is -0.0702 e. The van der Waals surface area contributed by atoms with E-state index in [1.54, 1.807) is 32.9 Å². The van der Waals surface area contributed by atoms with E-state index in [1.165, 1.54) is 53.3 Å². The first-order valence-electron chi connectivity index (χ1n) is 19.2. The molecule has 0 aliphatic rings. The van der Waals surface area contributed by atoms with Gasteiger partial charge in [-0.15, -0.1) is 0 Å². The second-order valence-corrected chi connectivity index (χ2v) is 20.8. The lowest BCUT2D eigenvalue weighted by Crippen LogP contribution is -2.22. The lowest BCUT2D eigenvalue weighted by Gasteiger charge is -2.31. The van der Waals surface area contributed by atoms with Gasteiger partial charge in [-0.1, -0.05) is 184 Å². The Bertz CT molecular complexity index is 1420. The van der Waals surface area contributed by atoms with Gasteiger partial charge in [-0.25, -0.2) is 0 Å². The third-order valence-electron chi connectivity index (χ3n) is 10.1. The van der Waals surface area contributed by atoms with Gasteiger partial charge in [-0.3, -0.25) is 0 Å². The quantitative estimate of drug-likeness (QED) is 0.103. The molecule has 0 heterocycles. The summed E-state index contributed by atoms with van der Waals surface area (Å²) in [7, 11) is -0.745. The van der Waals surface area contributed by atoms with Crippen molar-refractivity contribution in [3.8, 4) is 0 Å². The van der Waals surface area contributed by atoms with E-state index in [0.29, 0.717) is 35.5 Å². The van der Waals surface area contributed by atoms with Gasteiger partial charge in [0, 0.05) is 0 Å². The Hall–Kier alpha value is -2.26. The van der Waals surface area contributed by atoms with Gasteiger partial charge in [0.15, 0.2) is 0 Å². The van der Waals surface area contributed by atoms with Crippen LogP contribution in [0.2, 0.25) is 0 Å². The van der Waals surface area contributed by atoms with Gasteiger partial charge in [0.1, 0.15) is 0 Å². The second kappa shape index (κ2) is 18.3. The molecule has 0 aliphatic carbocycles. The maximum atomic E-state index is 2.58. The highest BCUT2D eigenvalue weighted by atomic mass is 31.1. The standard InChI is InChI=1S/C47H66P2/c1-32(2)40-26-42(34(5)6)46(43(27-40)35(7)8)48(30-38-20-15-13-16-21-38)24-19-25-49(31-39-22-17-14-18-23-39)47-44(36(9)10)28-41(33(3)4)29-45(47)37(11)12/h13-18,20-23,26-29,32-37H,19,24-25,30-31H2,1-12H3. The number of hydrogen-bond acceptors (Lipinski definition) is 0. The summed E-state index contributed by atoms with van der Waals surface area (Å²) in [6.07, 6.45) is 6.20. The number of rotatable bonds is 16. The van der Waals surface area contributed by atoms with Crippen LogP contribution in [0.25, 0.3) is 0 Å². The lowest BCUT2D eigenvalue weighted by atomic mass is 9.89. The molecule has 49 heavy (non-hydrogen) atoms. The zero-order valence-corrected chi connectivity index (χ0v) is 34.8. The summed E-state index contributed by atoms with van der Waals surface area (Å²) in [4.78, 5) is 0. The van der Waals surface area contributed by atoms with E-state index in [2.05, 4.69) is 168 Å². The minimum absolute atomic E-state index is 0.373. The number of hydrogen-bond donors (Lipinski definition) is 0. The Morgan fingerprint density at radius 3 is 0.918 bits per heavy atom. The SMILES string of the molecule is CC(C)c1cc(C(C)C)c(P(CCCP(Cc2ccccc2)c2c(C(C)C)cc(C(C)C)cc2C(C)C)Cc2ccccc2)c(C(C)C)c1. The van der Waals surface area contributed by atoms with Gasteiger partial charge >= 0.3 is 0 Å². The zero-order chi connectivity index (χ0) is 35.8. The molecule has 0 saturated carbocycles. The highest BCUT2D eigenvalue weighted by Gasteiger charge is 2.27. The average Bonchev–Trinajstić information content (AvgIpc) is 3.06. The van der Waals surface area contributed by atoms with E-state index in [9.17, 15) is 0 Å². The molecular weight excluding hydrogens is 626 g/mol. The third kappa shape index (κ3) is 10.4. The van der Waals surface area contributed by atoms with Gasteiger partial charge in [-0.05, 0) is 122 Å². The Morgan fingerprint density at radius 2 is 0.673 bits per heavy atom. The first kappa shape index (κ1) is 39.5. The summed E-state index contributed by atoms with van der Waals surface area (Å²) >= 11 is 0. The van der Waals surface area contributed by atoms with Crippen LogP contribution in [0.5, 0.6) is 0 Å². The second-order valence-electron chi connectivity index (χ2n) is 16.2. The van der Waals surface area contributed by atoms with Gasteiger partial charge in [0.25, 0.3) is 0 Å². The van der Waals surface area contributed by atoms with Crippen LogP contribution in [0.4, 0.5) is 0 Å². The van der Waals surface area contributed by atoms with Crippen molar-refractivity contribution in [1.29, 1.82) is 0 Å². The monoisotopic (exact) mass is 692 g/mol. The summed E-state index contributed by atoms with van der Waals surface area (Å²) in [5.41, 5.74) is 12.4. The molecule has 0 aromatic heterocycles. The van der Waals surface area contributed by atoms with Gasteiger partial charge in [0.05, 0.1) is 0 Å². The average molecular weight is 693 g/mol. The van der Waals surface area contributed by atoms with Crippen LogP contribution >= 0.6 is 15.8 Å². The molecule has 0 fully saturated rings. The van der Waals surface area contributed by atoms with E-state index in [4.69, 9.17) is 0 Å². The van der Waals surface area contributed by atoms with E-state index in [1.807, 2.05) is 0 Å². The van der Waals surface area contributed by atoms with Crippen molar-refractivity contribution in [3.63, 3.8) is 0 Å². The van der Waals surface area contributed by atoms with Crippen molar-refractivity contribution in [3.05, 3.63) is 129 Å². The molecule has 4 rings (SSSR count). The smallest absolute Gasteiger partial charge is 0.00326 e. The predicted molar refractivity (Wildman–Crippen MR) is 225 cm³/mol. The molecule has 0 nitrogen and oxygen atoms in total. The van der Waals surface area contributed by atoms with Crippen LogP contribution in [-0.2, 0) is 12.3 Å². The van der Waals surface area contributed by atoms with Crippen LogP contribution in [0.1, 0.15) is 170 Å². The molecule has 4 aromatic carbocycles. The van der Waals surface area contributed by atoms with Crippen molar-refractivity contribution in [1.82, 2.24) is 0 Å². The van der Waals surface area contributed by atoms with E-state index in [-0.39, 0.29) is 15.8 Å². The van der Waals surface area contributed by atoms with Crippen molar-refractivity contribution in [2.24, 2.45) is 0 Å². The first-order chi connectivity index (χ1) is 23.3. The lowest BCUT2D eigenvalue weighted by molar-refractivity contribution is 0.812. The fourth-order valence-electron chi connectivity index (χ4n) is 7.17. The Morgan fingerprint density at radius 1 is 0.388 bits per heavy atom. The van der Waals surface area contributed by atoms with Crippen molar-refractivity contribution in [2.45, 2.75) is 137 Å². The predicted octanol–water partition coefficient (Wildman–Crippen LogP) is 14.1. The van der Waals surface area contributed by atoms with Gasteiger partial charge in [-0.2, -0.15) is 0 Å². The molecule has 4 aromatic rings. The Kier molecular flexibility index (Phi) is 14.8. The molecule has 0 amide bonds. The summed E-state index contributed by atoms with van der Waals surface area (Å²) < 4.78 is 0. The maximum Gasteiger partial charge on any atom is -0.00326 e. The van der Waals surface area contributed by atoms with Crippen LogP contribution in [-0.4, -0.2) is 12.3 Å². The highest BCUT2D eigenvalue weighted by Crippen LogP contribution is 2.49. The summed E-state index contributed by atoms with van der Waals surface area (Å²) in [6, 6.07) is 33.1.